The fourth-order valence-corrected chi connectivity index (χ4v) is 1.00. The summed E-state index contributed by atoms with van der Waals surface area (Å²) in [5.74, 6) is -2.15. The molecular formula is C8H4Cl2F2O. The van der Waals surface area contributed by atoms with Crippen LogP contribution in [0.3, 0.4) is 0 Å². The average molecular weight is 225 g/mol. The van der Waals surface area contributed by atoms with Gasteiger partial charge >= 0.3 is 4.59 Å². The minimum absolute atomic E-state index is 0.463. The monoisotopic (exact) mass is 224 g/mol. The van der Waals surface area contributed by atoms with Crippen LogP contribution in [-0.2, 0) is 0 Å². The molecule has 0 N–H and O–H groups in total. The van der Waals surface area contributed by atoms with Crippen LogP contribution < -0.4 is 0 Å². The van der Waals surface area contributed by atoms with Gasteiger partial charge in [-0.05, 0) is 12.1 Å². The Morgan fingerprint density at radius 1 is 1.31 bits per heavy atom. The van der Waals surface area contributed by atoms with Crippen molar-refractivity contribution in [3.63, 3.8) is 0 Å². The van der Waals surface area contributed by atoms with Crippen LogP contribution in [0, 0.1) is 5.82 Å². The number of carbonyl (C=O) groups is 1. The summed E-state index contributed by atoms with van der Waals surface area (Å²) in [5.41, 5.74) is -0.463. The standard InChI is InChI=1S/C8H4Cl2F2O/c9-8(10,12)7(13)5-3-1-2-4-6(5)11/h1-4H. The summed E-state index contributed by atoms with van der Waals surface area (Å²) in [6.07, 6.45) is 0. The van der Waals surface area contributed by atoms with Gasteiger partial charge in [0.15, 0.2) is 0 Å². The average Bonchev–Trinajstić information content (AvgIpc) is 2.02. The number of hydrogen-bond acceptors (Lipinski definition) is 1. The summed E-state index contributed by atoms with van der Waals surface area (Å²) in [6, 6.07) is 4.88. The number of carbonyl (C=O) groups excluding carboxylic acids is 1. The van der Waals surface area contributed by atoms with Crippen LogP contribution in [0.4, 0.5) is 8.78 Å². The lowest BCUT2D eigenvalue weighted by Gasteiger charge is -2.07. The maximum atomic E-state index is 12.9. The van der Waals surface area contributed by atoms with E-state index in [0.29, 0.717) is 0 Å². The van der Waals surface area contributed by atoms with Crippen LogP contribution in [0.15, 0.2) is 24.3 Å². The highest BCUT2D eigenvalue weighted by Crippen LogP contribution is 2.28. The van der Waals surface area contributed by atoms with Crippen LogP contribution >= 0.6 is 23.2 Å². The van der Waals surface area contributed by atoms with Crippen LogP contribution in [0.1, 0.15) is 10.4 Å². The molecule has 0 saturated carbocycles. The molecule has 0 fully saturated rings. The quantitative estimate of drug-likeness (QED) is 0.558. The van der Waals surface area contributed by atoms with Gasteiger partial charge in [-0.1, -0.05) is 35.3 Å². The Morgan fingerprint density at radius 3 is 2.31 bits per heavy atom. The van der Waals surface area contributed by atoms with Gasteiger partial charge < -0.3 is 0 Å². The number of ketones is 1. The van der Waals surface area contributed by atoms with Crippen molar-refractivity contribution in [1.29, 1.82) is 0 Å². The van der Waals surface area contributed by atoms with Crippen molar-refractivity contribution >= 4 is 29.0 Å². The molecule has 1 nitrogen and oxygen atoms in total. The normalized spacial score (nSPS) is 11.4. The van der Waals surface area contributed by atoms with Crippen molar-refractivity contribution in [2.24, 2.45) is 0 Å². The molecule has 0 radical (unpaired) electrons. The summed E-state index contributed by atoms with van der Waals surface area (Å²) in [6.45, 7) is 0. The minimum Gasteiger partial charge on any atom is -0.287 e. The van der Waals surface area contributed by atoms with Crippen molar-refractivity contribution in [3.05, 3.63) is 35.6 Å². The van der Waals surface area contributed by atoms with Crippen LogP contribution in [0.5, 0.6) is 0 Å². The third kappa shape index (κ3) is 2.39. The maximum Gasteiger partial charge on any atom is 0.320 e. The lowest BCUT2D eigenvalue weighted by Crippen LogP contribution is -2.21. The van der Waals surface area contributed by atoms with E-state index in [2.05, 4.69) is 0 Å². The van der Waals surface area contributed by atoms with E-state index in [0.717, 1.165) is 12.1 Å². The molecule has 1 rings (SSSR count). The molecule has 0 amide bonds. The molecular weight excluding hydrogens is 221 g/mol. The highest BCUT2D eigenvalue weighted by molar-refractivity contribution is 6.58. The molecule has 70 valence electrons. The second-order valence-corrected chi connectivity index (χ2v) is 3.54. The van der Waals surface area contributed by atoms with E-state index < -0.39 is 21.8 Å². The highest BCUT2D eigenvalue weighted by atomic mass is 35.5. The van der Waals surface area contributed by atoms with E-state index in [1.54, 1.807) is 0 Å². The number of halogens is 4. The predicted molar refractivity (Wildman–Crippen MR) is 46.3 cm³/mol. The van der Waals surface area contributed by atoms with Gasteiger partial charge in [-0.15, -0.1) is 0 Å². The highest BCUT2D eigenvalue weighted by Gasteiger charge is 2.35. The van der Waals surface area contributed by atoms with E-state index in [-0.39, 0.29) is 0 Å². The number of alkyl halides is 3. The van der Waals surface area contributed by atoms with Gasteiger partial charge in [-0.25, -0.2) is 4.39 Å². The van der Waals surface area contributed by atoms with Crippen LogP contribution in [-0.4, -0.2) is 10.4 Å². The van der Waals surface area contributed by atoms with Crippen LogP contribution in [0.2, 0.25) is 0 Å². The topological polar surface area (TPSA) is 17.1 Å². The van der Waals surface area contributed by atoms with E-state index in [9.17, 15) is 13.6 Å². The number of rotatable bonds is 2. The van der Waals surface area contributed by atoms with Gasteiger partial charge in [0.25, 0.3) is 0 Å². The molecule has 0 aromatic heterocycles. The molecule has 0 saturated heterocycles. The molecule has 0 aliphatic rings. The Hall–Kier alpha value is -0.670. The van der Waals surface area contributed by atoms with E-state index in [4.69, 9.17) is 23.2 Å². The molecule has 0 aliphatic carbocycles. The summed E-state index contributed by atoms with van der Waals surface area (Å²) >= 11 is 9.75. The van der Waals surface area contributed by atoms with Crippen molar-refractivity contribution in [3.8, 4) is 0 Å². The zero-order chi connectivity index (χ0) is 10.1. The summed E-state index contributed by atoms with van der Waals surface area (Å²) in [7, 11) is 0. The zero-order valence-corrected chi connectivity index (χ0v) is 7.74. The molecule has 0 atom stereocenters. The van der Waals surface area contributed by atoms with Gasteiger partial charge in [0.2, 0.25) is 5.78 Å². The molecule has 1 aromatic rings. The summed E-state index contributed by atoms with van der Waals surface area (Å²) in [4.78, 5) is 11.0. The fourth-order valence-electron chi connectivity index (χ4n) is 0.798. The van der Waals surface area contributed by atoms with Gasteiger partial charge in [-0.2, -0.15) is 4.39 Å². The fraction of sp³-hybridized carbons (Fsp3) is 0.125. The first-order chi connectivity index (χ1) is 5.93. The Balaban J connectivity index is 3.10. The molecule has 0 heterocycles. The smallest absolute Gasteiger partial charge is 0.287 e. The first kappa shape index (κ1) is 10.4. The maximum absolute atomic E-state index is 12.9. The molecule has 0 unspecified atom stereocenters. The minimum atomic E-state index is -3.08. The lowest BCUT2D eigenvalue weighted by atomic mass is 10.1. The molecule has 0 aliphatic heterocycles. The number of hydrogen-bond donors (Lipinski definition) is 0. The Morgan fingerprint density at radius 2 is 1.85 bits per heavy atom. The summed E-state index contributed by atoms with van der Waals surface area (Å²) in [5, 5.41) is 0. The van der Waals surface area contributed by atoms with Gasteiger partial charge in [0.05, 0.1) is 5.56 Å². The van der Waals surface area contributed by atoms with Gasteiger partial charge in [0.1, 0.15) is 5.82 Å². The second-order valence-electron chi connectivity index (χ2n) is 2.31. The lowest BCUT2D eigenvalue weighted by molar-refractivity contribution is 0.0902. The second kappa shape index (κ2) is 3.60. The van der Waals surface area contributed by atoms with E-state index in [1.165, 1.54) is 12.1 Å². The third-order valence-electron chi connectivity index (χ3n) is 1.38. The van der Waals surface area contributed by atoms with Gasteiger partial charge in [-0.3, -0.25) is 4.79 Å². The molecule has 0 bridgehead atoms. The zero-order valence-electron chi connectivity index (χ0n) is 6.23. The van der Waals surface area contributed by atoms with Crippen molar-refractivity contribution < 1.29 is 13.6 Å². The SMILES string of the molecule is O=C(c1ccccc1F)C(F)(Cl)Cl. The first-order valence-electron chi connectivity index (χ1n) is 3.29. The third-order valence-corrected chi connectivity index (χ3v) is 1.72. The Bertz CT molecular complexity index is 333. The molecule has 1 aromatic carbocycles. The number of benzene rings is 1. The van der Waals surface area contributed by atoms with Crippen molar-refractivity contribution in [2.45, 2.75) is 4.59 Å². The van der Waals surface area contributed by atoms with E-state index in [1.807, 2.05) is 0 Å². The van der Waals surface area contributed by atoms with E-state index >= 15 is 0 Å². The van der Waals surface area contributed by atoms with Crippen molar-refractivity contribution in [1.82, 2.24) is 0 Å². The first-order valence-corrected chi connectivity index (χ1v) is 4.04. The Labute approximate surface area is 83.3 Å². The molecule has 5 heteroatoms. The van der Waals surface area contributed by atoms with Crippen molar-refractivity contribution in [2.75, 3.05) is 0 Å². The summed E-state index contributed by atoms with van der Waals surface area (Å²) < 4.78 is 22.4. The Kier molecular flexibility index (Phi) is 2.88. The largest absolute Gasteiger partial charge is 0.320 e. The molecule has 0 spiro atoms. The predicted octanol–water partition coefficient (Wildman–Crippen LogP) is 3.11. The molecule has 13 heavy (non-hydrogen) atoms. The van der Waals surface area contributed by atoms with Crippen LogP contribution in [0.25, 0.3) is 0 Å². The van der Waals surface area contributed by atoms with Gasteiger partial charge in [0, 0.05) is 0 Å². The number of Topliss-reactive ketones (excluding diaryl/α,β-unsaturated/α-hetero) is 1.